The molecule has 1 aliphatic rings. The third-order valence-electron chi connectivity index (χ3n) is 4.15. The summed E-state index contributed by atoms with van der Waals surface area (Å²) in [5, 5.41) is 0. The summed E-state index contributed by atoms with van der Waals surface area (Å²) in [5.41, 5.74) is 7.48. The number of allylic oxidation sites excluding steroid dienone is 1. The first-order valence-corrected chi connectivity index (χ1v) is 7.86. The number of fused-ring (bicyclic) bond motifs is 1. The second-order valence-electron chi connectivity index (χ2n) is 5.67. The zero-order valence-corrected chi connectivity index (χ0v) is 12.8. The van der Waals surface area contributed by atoms with Gasteiger partial charge in [0.25, 0.3) is 0 Å². The van der Waals surface area contributed by atoms with E-state index in [-0.39, 0.29) is 0 Å². The van der Waals surface area contributed by atoms with Gasteiger partial charge in [0.05, 0.1) is 0 Å². The Morgan fingerprint density at radius 3 is 2.04 bits per heavy atom. The first-order chi connectivity index (χ1) is 11.4. The van der Waals surface area contributed by atoms with E-state index in [9.17, 15) is 0 Å². The molecule has 23 heavy (non-hydrogen) atoms. The van der Waals surface area contributed by atoms with Crippen LogP contribution in [0.4, 0.5) is 0 Å². The van der Waals surface area contributed by atoms with Crippen LogP contribution in [-0.4, -0.2) is 0 Å². The highest BCUT2D eigenvalue weighted by Crippen LogP contribution is 2.36. The van der Waals surface area contributed by atoms with E-state index in [0.29, 0.717) is 0 Å². The Morgan fingerprint density at radius 1 is 0.609 bits per heavy atom. The van der Waals surface area contributed by atoms with Gasteiger partial charge in [0, 0.05) is 23.1 Å². The molecule has 0 aromatic heterocycles. The quantitative estimate of drug-likeness (QED) is 0.548. The summed E-state index contributed by atoms with van der Waals surface area (Å²) in [6.07, 6.45) is 0.917. The second kappa shape index (κ2) is 5.99. The Kier molecular flexibility index (Phi) is 3.54. The van der Waals surface area contributed by atoms with Crippen LogP contribution in [0.2, 0.25) is 0 Å². The fraction of sp³-hybridized carbons (Fsp3) is 0.0435. The van der Waals surface area contributed by atoms with Crippen LogP contribution < -0.4 is 0 Å². The minimum atomic E-state index is 0.917. The van der Waals surface area contributed by atoms with Crippen molar-refractivity contribution in [2.24, 2.45) is 0 Å². The van der Waals surface area contributed by atoms with Crippen molar-refractivity contribution >= 4 is 5.57 Å². The molecule has 0 bridgehead atoms. The topological polar surface area (TPSA) is 0 Å². The molecular weight excluding hydrogens is 276 g/mol. The third-order valence-corrected chi connectivity index (χ3v) is 4.15. The van der Waals surface area contributed by atoms with Crippen LogP contribution in [0.15, 0.2) is 90.5 Å². The molecule has 0 heteroatoms. The van der Waals surface area contributed by atoms with Crippen molar-refractivity contribution in [3.63, 3.8) is 0 Å². The molecule has 0 aliphatic heterocycles. The van der Waals surface area contributed by atoms with Crippen molar-refractivity contribution in [2.45, 2.75) is 6.42 Å². The van der Waals surface area contributed by atoms with Crippen LogP contribution in [0.25, 0.3) is 5.57 Å². The zero-order valence-electron chi connectivity index (χ0n) is 12.8. The lowest BCUT2D eigenvalue weighted by Crippen LogP contribution is -1.87. The lowest BCUT2D eigenvalue weighted by atomic mass is 9.97. The van der Waals surface area contributed by atoms with Gasteiger partial charge in [-0.3, -0.25) is 0 Å². The van der Waals surface area contributed by atoms with E-state index in [1.807, 2.05) is 18.2 Å². The van der Waals surface area contributed by atoms with E-state index in [2.05, 4.69) is 78.6 Å². The van der Waals surface area contributed by atoms with E-state index >= 15 is 0 Å². The maximum absolute atomic E-state index is 3.42. The van der Waals surface area contributed by atoms with Gasteiger partial charge in [-0.05, 0) is 28.8 Å². The molecule has 0 saturated heterocycles. The van der Waals surface area contributed by atoms with Gasteiger partial charge in [0.15, 0.2) is 0 Å². The highest BCUT2D eigenvalue weighted by molar-refractivity contribution is 5.89. The predicted octanol–water partition coefficient (Wildman–Crippen LogP) is 5.10. The average Bonchev–Trinajstić information content (AvgIpc) is 3.00. The molecular formula is C23H16. The maximum Gasteiger partial charge on any atom is 0.0248 e. The maximum atomic E-state index is 3.42. The van der Waals surface area contributed by atoms with Gasteiger partial charge in [-0.15, -0.1) is 0 Å². The van der Waals surface area contributed by atoms with Gasteiger partial charge in [-0.25, -0.2) is 0 Å². The fourth-order valence-electron chi connectivity index (χ4n) is 3.07. The molecule has 108 valence electrons. The summed E-state index contributed by atoms with van der Waals surface area (Å²) < 4.78 is 0. The van der Waals surface area contributed by atoms with Crippen molar-refractivity contribution in [3.8, 4) is 11.8 Å². The zero-order chi connectivity index (χ0) is 15.5. The minimum Gasteiger partial charge on any atom is -0.0651 e. The summed E-state index contributed by atoms with van der Waals surface area (Å²) in [4.78, 5) is 0. The van der Waals surface area contributed by atoms with E-state index in [0.717, 1.165) is 12.0 Å². The standard InChI is InChI=1S/C23H16/c1-3-9-18(10-4-1)15-16-21-17-20-13-7-8-14-22(20)23(21)19-11-5-2-6-12-19/h1-14H,17H2. The molecule has 0 saturated carbocycles. The summed E-state index contributed by atoms with van der Waals surface area (Å²) in [6.45, 7) is 0. The highest BCUT2D eigenvalue weighted by atomic mass is 14.2. The monoisotopic (exact) mass is 292 g/mol. The Hall–Kier alpha value is -3.04. The van der Waals surface area contributed by atoms with Gasteiger partial charge in [-0.2, -0.15) is 0 Å². The average molecular weight is 292 g/mol. The molecule has 3 aromatic carbocycles. The van der Waals surface area contributed by atoms with E-state index in [1.165, 1.54) is 27.8 Å². The Labute approximate surface area is 137 Å². The van der Waals surface area contributed by atoms with Crippen molar-refractivity contribution in [1.82, 2.24) is 0 Å². The first kappa shape index (κ1) is 13.6. The molecule has 4 rings (SSSR count). The molecule has 0 atom stereocenters. The molecule has 0 fully saturated rings. The van der Waals surface area contributed by atoms with Crippen LogP contribution in [0.5, 0.6) is 0 Å². The van der Waals surface area contributed by atoms with Crippen LogP contribution in [0.1, 0.15) is 22.3 Å². The van der Waals surface area contributed by atoms with Crippen LogP contribution in [0, 0.1) is 11.8 Å². The van der Waals surface area contributed by atoms with E-state index in [1.54, 1.807) is 0 Å². The van der Waals surface area contributed by atoms with Gasteiger partial charge in [0.1, 0.15) is 0 Å². The van der Waals surface area contributed by atoms with Crippen LogP contribution in [0.3, 0.4) is 0 Å². The van der Waals surface area contributed by atoms with Gasteiger partial charge in [0.2, 0.25) is 0 Å². The van der Waals surface area contributed by atoms with Gasteiger partial charge < -0.3 is 0 Å². The van der Waals surface area contributed by atoms with Crippen molar-refractivity contribution in [2.75, 3.05) is 0 Å². The summed E-state index contributed by atoms with van der Waals surface area (Å²) in [7, 11) is 0. The summed E-state index contributed by atoms with van der Waals surface area (Å²) in [5.74, 6) is 6.74. The first-order valence-electron chi connectivity index (χ1n) is 7.86. The summed E-state index contributed by atoms with van der Waals surface area (Å²) in [6, 6.07) is 29.4. The molecule has 0 nitrogen and oxygen atoms in total. The van der Waals surface area contributed by atoms with E-state index < -0.39 is 0 Å². The van der Waals surface area contributed by atoms with Crippen molar-refractivity contribution < 1.29 is 0 Å². The van der Waals surface area contributed by atoms with Crippen molar-refractivity contribution in [1.29, 1.82) is 0 Å². The van der Waals surface area contributed by atoms with Crippen molar-refractivity contribution in [3.05, 3.63) is 113 Å². The second-order valence-corrected chi connectivity index (χ2v) is 5.67. The predicted molar refractivity (Wildman–Crippen MR) is 95.9 cm³/mol. The number of benzene rings is 3. The molecule has 3 aromatic rings. The molecule has 1 aliphatic carbocycles. The SMILES string of the molecule is C(#Cc1ccccc1)C1=C(c2ccccc2)c2ccccc2C1. The van der Waals surface area contributed by atoms with Crippen LogP contribution >= 0.6 is 0 Å². The number of hydrogen-bond donors (Lipinski definition) is 0. The molecule has 0 unspecified atom stereocenters. The number of rotatable bonds is 1. The largest absolute Gasteiger partial charge is 0.0651 e. The third kappa shape index (κ3) is 2.70. The van der Waals surface area contributed by atoms with Gasteiger partial charge >= 0.3 is 0 Å². The van der Waals surface area contributed by atoms with E-state index in [4.69, 9.17) is 0 Å². The normalized spacial score (nSPS) is 12.5. The minimum absolute atomic E-state index is 0.917. The lowest BCUT2D eigenvalue weighted by molar-refractivity contribution is 1.26. The number of hydrogen-bond acceptors (Lipinski definition) is 0. The highest BCUT2D eigenvalue weighted by Gasteiger charge is 2.20. The Morgan fingerprint density at radius 2 is 1.26 bits per heavy atom. The lowest BCUT2D eigenvalue weighted by Gasteiger charge is -2.06. The molecule has 0 spiro atoms. The summed E-state index contributed by atoms with van der Waals surface area (Å²) >= 11 is 0. The molecule has 0 radical (unpaired) electrons. The van der Waals surface area contributed by atoms with Crippen LogP contribution in [-0.2, 0) is 6.42 Å². The smallest absolute Gasteiger partial charge is 0.0248 e. The molecule has 0 heterocycles. The Bertz CT molecular complexity index is 920. The van der Waals surface area contributed by atoms with Gasteiger partial charge in [-0.1, -0.05) is 84.6 Å². The Balaban J connectivity index is 1.84. The molecule has 0 N–H and O–H groups in total. The fourth-order valence-corrected chi connectivity index (χ4v) is 3.07. The molecule has 0 amide bonds.